The van der Waals surface area contributed by atoms with Gasteiger partial charge in [0.1, 0.15) is 9.96 Å². The summed E-state index contributed by atoms with van der Waals surface area (Å²) in [5.41, 5.74) is 0.996. The average Bonchev–Trinajstić information content (AvgIpc) is 3.31. The molecule has 1 amide bonds. The Hall–Kier alpha value is -1.61. The zero-order valence-electron chi connectivity index (χ0n) is 15.1. The molecule has 1 fully saturated rings. The largest absolute Gasteiger partial charge is 0.497 e. The molecule has 0 N–H and O–H groups in total. The zero-order valence-corrected chi connectivity index (χ0v) is 17.5. The Labute approximate surface area is 168 Å². The lowest BCUT2D eigenvalue weighted by molar-refractivity contribution is -0.132. The molecule has 1 aromatic heterocycles. The highest BCUT2D eigenvalue weighted by Gasteiger charge is 2.33. The molecule has 1 aliphatic heterocycles. The van der Waals surface area contributed by atoms with Crippen molar-refractivity contribution >= 4 is 38.9 Å². The van der Waals surface area contributed by atoms with Gasteiger partial charge in [0.15, 0.2) is 0 Å². The summed E-state index contributed by atoms with van der Waals surface area (Å²) < 4.78 is 32.1. The Balaban J connectivity index is 1.74. The molecule has 0 spiro atoms. The molecule has 0 bridgehead atoms. The lowest BCUT2D eigenvalue weighted by atomic mass is 10.0. The van der Waals surface area contributed by atoms with Crippen LogP contribution in [0, 0.1) is 0 Å². The van der Waals surface area contributed by atoms with Gasteiger partial charge in [-0.2, -0.15) is 4.31 Å². The van der Waals surface area contributed by atoms with Gasteiger partial charge in [-0.15, -0.1) is 11.3 Å². The highest BCUT2D eigenvalue weighted by Crippen LogP contribution is 2.34. The molecular formula is C18H21ClN2O4S2. The number of likely N-dealkylation sites (N-methyl/N-ethyl adjacent to an activating group) is 1. The van der Waals surface area contributed by atoms with Crippen molar-refractivity contribution in [2.75, 3.05) is 27.2 Å². The Morgan fingerprint density at radius 1 is 1.37 bits per heavy atom. The number of amides is 1. The Kier molecular flexibility index (Phi) is 6.10. The minimum Gasteiger partial charge on any atom is -0.497 e. The topological polar surface area (TPSA) is 66.9 Å². The summed E-state index contributed by atoms with van der Waals surface area (Å²) in [4.78, 5) is 14.6. The van der Waals surface area contributed by atoms with Crippen LogP contribution in [0.15, 0.2) is 40.6 Å². The van der Waals surface area contributed by atoms with Crippen LogP contribution in [0.25, 0.3) is 0 Å². The molecule has 3 rings (SSSR count). The van der Waals surface area contributed by atoms with E-state index in [0.717, 1.165) is 39.8 Å². The SMILES string of the molecule is COc1cccc(C2CCCN2C(=O)CN(C)S(=O)(=O)c2ccc(Cl)s2)c1. The van der Waals surface area contributed by atoms with Gasteiger partial charge in [0, 0.05) is 13.6 Å². The number of hydrogen-bond donors (Lipinski definition) is 0. The highest BCUT2D eigenvalue weighted by molar-refractivity contribution is 7.91. The number of halogens is 1. The van der Waals surface area contributed by atoms with Gasteiger partial charge in [-0.05, 0) is 42.7 Å². The van der Waals surface area contributed by atoms with Crippen LogP contribution >= 0.6 is 22.9 Å². The first-order valence-electron chi connectivity index (χ1n) is 8.48. The number of rotatable bonds is 6. The van der Waals surface area contributed by atoms with Crippen molar-refractivity contribution < 1.29 is 17.9 Å². The molecule has 9 heteroatoms. The summed E-state index contributed by atoms with van der Waals surface area (Å²) in [5, 5.41) is 0. The highest BCUT2D eigenvalue weighted by atomic mass is 35.5. The molecule has 2 heterocycles. The second-order valence-corrected chi connectivity index (χ2v) is 10.3. The van der Waals surface area contributed by atoms with Gasteiger partial charge in [0.25, 0.3) is 10.0 Å². The first-order chi connectivity index (χ1) is 12.8. The maximum Gasteiger partial charge on any atom is 0.252 e. The maximum absolute atomic E-state index is 12.8. The third-order valence-corrected chi connectivity index (χ3v) is 8.12. The Morgan fingerprint density at radius 3 is 2.81 bits per heavy atom. The molecule has 1 aliphatic rings. The van der Waals surface area contributed by atoms with Crippen LogP contribution in [0.3, 0.4) is 0 Å². The van der Waals surface area contributed by atoms with Crippen molar-refractivity contribution in [2.45, 2.75) is 23.1 Å². The summed E-state index contributed by atoms with van der Waals surface area (Å²) >= 11 is 6.82. The van der Waals surface area contributed by atoms with Crippen molar-refractivity contribution in [2.24, 2.45) is 0 Å². The van der Waals surface area contributed by atoms with Gasteiger partial charge in [0.05, 0.1) is 24.0 Å². The summed E-state index contributed by atoms with van der Waals surface area (Å²) in [6.45, 7) is 0.401. The van der Waals surface area contributed by atoms with Crippen LogP contribution in [0.4, 0.5) is 0 Å². The smallest absolute Gasteiger partial charge is 0.252 e. The number of sulfonamides is 1. The van der Waals surface area contributed by atoms with Crippen LogP contribution < -0.4 is 4.74 Å². The molecule has 0 saturated carbocycles. The van der Waals surface area contributed by atoms with E-state index in [1.165, 1.54) is 19.2 Å². The van der Waals surface area contributed by atoms with E-state index in [9.17, 15) is 13.2 Å². The summed E-state index contributed by atoms with van der Waals surface area (Å²) in [5.74, 6) is 0.523. The second-order valence-electron chi connectivity index (χ2n) is 6.34. The van der Waals surface area contributed by atoms with Gasteiger partial charge in [0.2, 0.25) is 5.91 Å². The third kappa shape index (κ3) is 4.29. The van der Waals surface area contributed by atoms with Crippen molar-refractivity contribution in [3.05, 3.63) is 46.3 Å². The lowest BCUT2D eigenvalue weighted by Crippen LogP contribution is -2.40. The number of methoxy groups -OCH3 is 1. The lowest BCUT2D eigenvalue weighted by Gasteiger charge is -2.27. The molecule has 6 nitrogen and oxygen atoms in total. The number of carbonyl (C=O) groups is 1. The first-order valence-corrected chi connectivity index (χ1v) is 11.1. The fourth-order valence-corrected chi connectivity index (χ4v) is 6.03. The van der Waals surface area contributed by atoms with E-state index in [2.05, 4.69) is 0 Å². The number of benzene rings is 1. The van der Waals surface area contributed by atoms with Gasteiger partial charge in [-0.3, -0.25) is 4.79 Å². The Bertz CT molecular complexity index is 929. The molecule has 27 heavy (non-hydrogen) atoms. The molecule has 0 aliphatic carbocycles. The normalized spacial score (nSPS) is 17.5. The number of ether oxygens (including phenoxy) is 1. The summed E-state index contributed by atoms with van der Waals surface area (Å²) in [6, 6.07) is 10.6. The van der Waals surface area contributed by atoms with E-state index < -0.39 is 10.0 Å². The number of likely N-dealkylation sites (tertiary alicyclic amines) is 1. The number of nitrogens with zero attached hydrogens (tertiary/aromatic N) is 2. The van der Waals surface area contributed by atoms with E-state index in [0.29, 0.717) is 10.9 Å². The van der Waals surface area contributed by atoms with E-state index in [1.807, 2.05) is 24.3 Å². The van der Waals surface area contributed by atoms with E-state index in [1.54, 1.807) is 12.0 Å². The van der Waals surface area contributed by atoms with E-state index >= 15 is 0 Å². The number of carbonyl (C=O) groups excluding carboxylic acids is 1. The molecular weight excluding hydrogens is 408 g/mol. The number of hydrogen-bond acceptors (Lipinski definition) is 5. The van der Waals surface area contributed by atoms with Gasteiger partial charge < -0.3 is 9.64 Å². The maximum atomic E-state index is 12.8. The predicted octanol–water partition coefficient (Wildman–Crippen LogP) is 3.39. The zero-order chi connectivity index (χ0) is 19.6. The molecule has 2 aromatic rings. The van der Waals surface area contributed by atoms with Crippen molar-refractivity contribution in [3.8, 4) is 5.75 Å². The molecule has 1 aromatic carbocycles. The van der Waals surface area contributed by atoms with Gasteiger partial charge >= 0.3 is 0 Å². The van der Waals surface area contributed by atoms with Crippen LogP contribution in [0.5, 0.6) is 5.75 Å². The van der Waals surface area contributed by atoms with Crippen LogP contribution in [0.2, 0.25) is 4.34 Å². The van der Waals surface area contributed by atoms with Gasteiger partial charge in [-0.25, -0.2) is 8.42 Å². The minimum atomic E-state index is -3.74. The first kappa shape index (κ1) is 20.1. The summed E-state index contributed by atoms with van der Waals surface area (Å²) in [6.07, 6.45) is 1.72. The van der Waals surface area contributed by atoms with Crippen LogP contribution in [-0.2, 0) is 14.8 Å². The van der Waals surface area contributed by atoms with Crippen LogP contribution in [-0.4, -0.2) is 50.8 Å². The second kappa shape index (κ2) is 8.18. The minimum absolute atomic E-state index is 0.0695. The fourth-order valence-electron chi connectivity index (χ4n) is 3.22. The number of thiophene rings is 1. The van der Waals surface area contributed by atoms with Crippen molar-refractivity contribution in [3.63, 3.8) is 0 Å². The molecule has 1 atom stereocenters. The summed E-state index contributed by atoms with van der Waals surface area (Å²) in [7, 11) is -0.717. The van der Waals surface area contributed by atoms with Gasteiger partial charge in [-0.1, -0.05) is 23.7 Å². The molecule has 146 valence electrons. The Morgan fingerprint density at radius 2 is 2.15 bits per heavy atom. The fraction of sp³-hybridized carbons (Fsp3) is 0.389. The standard InChI is InChI=1S/C18H21ClN2O4S2/c1-20(27(23,24)18-9-8-16(19)26-18)12-17(22)21-10-4-7-15(21)13-5-3-6-14(11-13)25-2/h3,5-6,8-9,11,15H,4,7,10,12H2,1-2H3. The van der Waals surface area contributed by atoms with Crippen LogP contribution in [0.1, 0.15) is 24.4 Å². The molecule has 1 saturated heterocycles. The van der Waals surface area contributed by atoms with Crippen molar-refractivity contribution in [1.82, 2.24) is 9.21 Å². The average molecular weight is 429 g/mol. The third-order valence-electron chi connectivity index (χ3n) is 4.62. The monoisotopic (exact) mass is 428 g/mol. The van der Waals surface area contributed by atoms with E-state index in [4.69, 9.17) is 16.3 Å². The quantitative estimate of drug-likeness (QED) is 0.707. The molecule has 0 radical (unpaired) electrons. The van der Waals surface area contributed by atoms with Crippen molar-refractivity contribution in [1.29, 1.82) is 0 Å². The van der Waals surface area contributed by atoms with E-state index in [-0.39, 0.29) is 22.7 Å². The molecule has 1 unspecified atom stereocenters. The predicted molar refractivity (Wildman–Crippen MR) is 106 cm³/mol.